The third-order valence-electron chi connectivity index (χ3n) is 3.41. The largest absolute Gasteiger partial charge is 0.312 e. The molecule has 0 bridgehead atoms. The van der Waals surface area contributed by atoms with Crippen molar-refractivity contribution in [1.82, 2.24) is 10.3 Å². The number of thiazole rings is 1. The lowest BCUT2D eigenvalue weighted by atomic mass is 9.85. The van der Waals surface area contributed by atoms with Gasteiger partial charge in [0.15, 0.2) is 0 Å². The minimum atomic E-state index is 0.159. The number of nitrogens with zero attached hydrogens (tertiary/aromatic N) is 1. The van der Waals surface area contributed by atoms with Crippen LogP contribution in [0.15, 0.2) is 5.38 Å². The van der Waals surface area contributed by atoms with Gasteiger partial charge in [-0.05, 0) is 39.2 Å². The highest BCUT2D eigenvalue weighted by atomic mass is 32.1. The molecule has 0 aromatic carbocycles. The summed E-state index contributed by atoms with van der Waals surface area (Å²) in [5.41, 5.74) is 1.88. The lowest BCUT2D eigenvalue weighted by Gasteiger charge is -2.27. The molecule has 0 amide bonds. The summed E-state index contributed by atoms with van der Waals surface area (Å²) in [7, 11) is 0. The molecular weight excluding hydrogens is 264 g/mol. The molecule has 0 aliphatic heterocycles. The number of hydrogen-bond donors (Lipinski definition) is 1. The van der Waals surface area contributed by atoms with Gasteiger partial charge < -0.3 is 5.32 Å². The molecule has 20 heavy (non-hydrogen) atoms. The van der Waals surface area contributed by atoms with Crippen molar-refractivity contribution in [2.45, 2.75) is 79.2 Å². The minimum absolute atomic E-state index is 0.159. The zero-order valence-corrected chi connectivity index (χ0v) is 15.4. The molecule has 0 aliphatic rings. The highest BCUT2D eigenvalue weighted by molar-refractivity contribution is 7.09. The summed E-state index contributed by atoms with van der Waals surface area (Å²) in [5.74, 6) is 0. The van der Waals surface area contributed by atoms with Crippen LogP contribution in [0.2, 0.25) is 0 Å². The fraction of sp³-hybridized carbons (Fsp3) is 0.824. The van der Waals surface area contributed by atoms with E-state index in [0.717, 1.165) is 13.0 Å². The third-order valence-corrected chi connectivity index (χ3v) is 4.26. The van der Waals surface area contributed by atoms with Crippen LogP contribution in [0.25, 0.3) is 0 Å². The van der Waals surface area contributed by atoms with E-state index in [9.17, 15) is 0 Å². The van der Waals surface area contributed by atoms with Crippen LogP contribution in [0.1, 0.15) is 72.5 Å². The summed E-state index contributed by atoms with van der Waals surface area (Å²) >= 11 is 1.81. The summed E-state index contributed by atoms with van der Waals surface area (Å²) < 4.78 is 0. The Morgan fingerprint density at radius 1 is 1.05 bits per heavy atom. The Morgan fingerprint density at radius 2 is 1.65 bits per heavy atom. The van der Waals surface area contributed by atoms with Gasteiger partial charge in [0, 0.05) is 22.8 Å². The van der Waals surface area contributed by atoms with Gasteiger partial charge in [0.2, 0.25) is 0 Å². The highest BCUT2D eigenvalue weighted by Crippen LogP contribution is 2.30. The van der Waals surface area contributed by atoms with E-state index in [1.54, 1.807) is 0 Å². The molecule has 0 fully saturated rings. The van der Waals surface area contributed by atoms with E-state index in [1.807, 2.05) is 11.3 Å². The fourth-order valence-corrected chi connectivity index (χ4v) is 3.29. The van der Waals surface area contributed by atoms with E-state index in [4.69, 9.17) is 4.98 Å². The predicted molar refractivity (Wildman–Crippen MR) is 90.7 cm³/mol. The van der Waals surface area contributed by atoms with Crippen molar-refractivity contribution in [3.05, 3.63) is 16.1 Å². The first kappa shape index (κ1) is 17.6. The zero-order valence-electron chi connectivity index (χ0n) is 14.6. The number of nitrogens with one attached hydrogen (secondary N) is 1. The van der Waals surface area contributed by atoms with Crippen LogP contribution in [0, 0.1) is 5.41 Å². The van der Waals surface area contributed by atoms with Crippen LogP contribution in [-0.4, -0.2) is 17.1 Å². The average Bonchev–Trinajstić information content (AvgIpc) is 2.61. The molecule has 0 aliphatic carbocycles. The molecule has 116 valence electrons. The molecule has 1 N–H and O–H groups in total. The van der Waals surface area contributed by atoms with E-state index in [1.165, 1.54) is 17.1 Å². The van der Waals surface area contributed by atoms with Crippen molar-refractivity contribution in [3.63, 3.8) is 0 Å². The maximum Gasteiger partial charge on any atom is 0.0933 e. The smallest absolute Gasteiger partial charge is 0.0933 e. The first-order valence-corrected chi connectivity index (χ1v) is 8.47. The quantitative estimate of drug-likeness (QED) is 0.845. The molecule has 0 radical (unpaired) electrons. The third kappa shape index (κ3) is 6.36. The second kappa shape index (κ2) is 6.15. The van der Waals surface area contributed by atoms with E-state index in [2.05, 4.69) is 66.1 Å². The van der Waals surface area contributed by atoms with Gasteiger partial charge in [0.1, 0.15) is 0 Å². The normalized spacial score (nSPS) is 13.8. The topological polar surface area (TPSA) is 24.9 Å². The number of aromatic nitrogens is 1. The summed E-state index contributed by atoms with van der Waals surface area (Å²) in [6, 6.07) is 0. The van der Waals surface area contributed by atoms with Gasteiger partial charge in [0.05, 0.1) is 10.7 Å². The van der Waals surface area contributed by atoms with Crippen molar-refractivity contribution in [3.8, 4) is 0 Å². The van der Waals surface area contributed by atoms with Gasteiger partial charge in [-0.3, -0.25) is 0 Å². The van der Waals surface area contributed by atoms with E-state index in [-0.39, 0.29) is 11.0 Å². The summed E-state index contributed by atoms with van der Waals surface area (Å²) in [6.07, 6.45) is 2.24. The maximum atomic E-state index is 4.82. The minimum Gasteiger partial charge on any atom is -0.312 e. The molecule has 0 saturated heterocycles. The molecule has 0 saturated carbocycles. The summed E-state index contributed by atoms with van der Waals surface area (Å²) in [4.78, 5) is 4.82. The summed E-state index contributed by atoms with van der Waals surface area (Å²) in [5, 5.41) is 7.07. The van der Waals surface area contributed by atoms with Crippen LogP contribution in [0.5, 0.6) is 0 Å². The van der Waals surface area contributed by atoms with E-state index < -0.39 is 0 Å². The molecule has 1 rings (SSSR count). The fourth-order valence-electron chi connectivity index (χ4n) is 2.01. The number of hydrogen-bond acceptors (Lipinski definition) is 3. The Labute approximate surface area is 129 Å². The molecule has 3 heteroatoms. The SMILES string of the molecule is CC(C)(CCNC(C)(C)C)Cc1nc(C(C)(C)C)cs1. The van der Waals surface area contributed by atoms with E-state index >= 15 is 0 Å². The molecule has 1 heterocycles. The van der Waals surface area contributed by atoms with Gasteiger partial charge in [-0.15, -0.1) is 11.3 Å². The monoisotopic (exact) mass is 296 g/mol. The molecule has 2 nitrogen and oxygen atoms in total. The van der Waals surface area contributed by atoms with Gasteiger partial charge in [-0.2, -0.15) is 0 Å². The lowest BCUT2D eigenvalue weighted by molar-refractivity contribution is 0.301. The second-order valence-electron chi connectivity index (χ2n) is 8.64. The summed E-state index contributed by atoms with van der Waals surface area (Å²) in [6.45, 7) is 19.1. The zero-order chi connectivity index (χ0) is 15.6. The van der Waals surface area contributed by atoms with Crippen LogP contribution in [0.4, 0.5) is 0 Å². The Bertz CT molecular complexity index is 419. The molecule has 0 atom stereocenters. The van der Waals surface area contributed by atoms with E-state index in [0.29, 0.717) is 5.41 Å². The number of rotatable bonds is 5. The van der Waals surface area contributed by atoms with Crippen LogP contribution < -0.4 is 5.32 Å². The van der Waals surface area contributed by atoms with Crippen molar-refractivity contribution in [1.29, 1.82) is 0 Å². The maximum absolute atomic E-state index is 4.82. The Kier molecular flexibility index (Phi) is 5.42. The van der Waals surface area contributed by atoms with Gasteiger partial charge in [-0.1, -0.05) is 34.6 Å². The van der Waals surface area contributed by atoms with Crippen LogP contribution in [-0.2, 0) is 11.8 Å². The van der Waals surface area contributed by atoms with Gasteiger partial charge in [0.25, 0.3) is 0 Å². The first-order valence-electron chi connectivity index (χ1n) is 7.59. The van der Waals surface area contributed by atoms with Crippen molar-refractivity contribution < 1.29 is 0 Å². The van der Waals surface area contributed by atoms with Crippen LogP contribution in [0.3, 0.4) is 0 Å². The standard InChI is InChI=1S/C17H32N2S/c1-15(2,3)13-12-20-14(19-13)11-17(7,8)9-10-18-16(4,5)6/h12,18H,9-11H2,1-8H3. The first-order chi connectivity index (χ1) is 8.89. The molecule has 1 aromatic rings. The van der Waals surface area contributed by atoms with Gasteiger partial charge in [-0.25, -0.2) is 4.98 Å². The Hall–Kier alpha value is -0.410. The van der Waals surface area contributed by atoms with Gasteiger partial charge >= 0.3 is 0 Å². The average molecular weight is 297 g/mol. The van der Waals surface area contributed by atoms with Crippen molar-refractivity contribution in [2.24, 2.45) is 5.41 Å². The second-order valence-corrected chi connectivity index (χ2v) is 9.59. The molecule has 0 unspecified atom stereocenters. The molecule has 0 spiro atoms. The predicted octanol–water partition coefficient (Wildman–Crippen LogP) is 4.79. The van der Waals surface area contributed by atoms with Crippen LogP contribution >= 0.6 is 11.3 Å². The van der Waals surface area contributed by atoms with Crippen molar-refractivity contribution in [2.75, 3.05) is 6.54 Å². The lowest BCUT2D eigenvalue weighted by Crippen LogP contribution is -2.38. The highest BCUT2D eigenvalue weighted by Gasteiger charge is 2.23. The molecule has 1 aromatic heterocycles. The Balaban J connectivity index is 2.56. The Morgan fingerprint density at radius 3 is 2.10 bits per heavy atom. The van der Waals surface area contributed by atoms with Crippen molar-refractivity contribution >= 4 is 11.3 Å². The molecular formula is C17H32N2S.